The summed E-state index contributed by atoms with van der Waals surface area (Å²) < 4.78 is 6.09. The van der Waals surface area contributed by atoms with Crippen LogP contribution in [0.3, 0.4) is 0 Å². The number of allylic oxidation sites excluding steroid dienone is 1. The van der Waals surface area contributed by atoms with Gasteiger partial charge in [0.2, 0.25) is 0 Å². The molecule has 0 radical (unpaired) electrons. The van der Waals surface area contributed by atoms with Crippen molar-refractivity contribution >= 4 is 0 Å². The van der Waals surface area contributed by atoms with Crippen LogP contribution in [0.1, 0.15) is 113 Å². The zero-order chi connectivity index (χ0) is 23.6. The number of epoxide rings is 1. The molecule has 1 aliphatic heterocycles. The smallest absolute Gasteiger partial charge is 0.0903 e. The number of aliphatic hydroxyl groups is 1. The van der Waals surface area contributed by atoms with E-state index in [0.717, 1.165) is 24.9 Å². The van der Waals surface area contributed by atoms with E-state index in [9.17, 15) is 5.11 Å². The first-order chi connectivity index (χ1) is 15.4. The topological polar surface area (TPSA) is 32.8 Å². The molecule has 0 amide bonds. The molecular weight excluding hydrogens is 404 g/mol. The number of fused-ring (bicyclic) bond motifs is 7. The van der Waals surface area contributed by atoms with Crippen LogP contribution in [-0.2, 0) is 4.74 Å². The summed E-state index contributed by atoms with van der Waals surface area (Å²) in [7, 11) is 0. The van der Waals surface area contributed by atoms with Gasteiger partial charge in [-0.25, -0.2) is 0 Å². The summed E-state index contributed by atoms with van der Waals surface area (Å²) >= 11 is 0. The van der Waals surface area contributed by atoms with Gasteiger partial charge in [-0.1, -0.05) is 59.6 Å². The van der Waals surface area contributed by atoms with Gasteiger partial charge >= 0.3 is 0 Å². The minimum absolute atomic E-state index is 0.0515. The third kappa shape index (κ3) is 2.69. The SMILES string of the molecule is CC(C)C1=C2[C@H]3CC[C@@H]4[C@@]5(C)CC[C@H](O)C(C)(C)[C@@H]5CC[C@@]4(C)[C@]3(C)CC[C@@]2(C2CO2)CC1. The van der Waals surface area contributed by atoms with Crippen molar-refractivity contribution in [3.8, 4) is 0 Å². The summed E-state index contributed by atoms with van der Waals surface area (Å²) in [5, 5.41) is 10.9. The molecule has 0 spiro atoms. The fourth-order valence-electron chi connectivity index (χ4n) is 11.6. The third-order valence-electron chi connectivity index (χ3n) is 13.7. The van der Waals surface area contributed by atoms with Gasteiger partial charge in [-0.15, -0.1) is 0 Å². The van der Waals surface area contributed by atoms with Gasteiger partial charge in [-0.3, -0.25) is 0 Å². The maximum absolute atomic E-state index is 10.9. The molecule has 0 bridgehead atoms. The molecule has 2 nitrogen and oxygen atoms in total. The molecule has 6 aliphatic rings. The van der Waals surface area contributed by atoms with Gasteiger partial charge in [0, 0.05) is 5.41 Å². The minimum atomic E-state index is -0.127. The van der Waals surface area contributed by atoms with E-state index in [1.165, 1.54) is 57.8 Å². The van der Waals surface area contributed by atoms with E-state index in [1.807, 2.05) is 11.1 Å². The highest BCUT2D eigenvalue weighted by molar-refractivity contribution is 5.39. The Morgan fingerprint density at radius 3 is 2.21 bits per heavy atom. The van der Waals surface area contributed by atoms with Crippen molar-refractivity contribution in [2.24, 2.45) is 50.7 Å². The molecule has 0 aromatic carbocycles. The molecule has 5 fully saturated rings. The second-order valence-electron chi connectivity index (χ2n) is 15.1. The van der Waals surface area contributed by atoms with E-state index in [0.29, 0.717) is 39.6 Å². The highest BCUT2D eigenvalue weighted by atomic mass is 16.6. The molecule has 4 saturated carbocycles. The molecule has 1 saturated heterocycles. The number of ether oxygens (including phenoxy) is 1. The standard InChI is InChI=1S/C31H50O2/c1-19(2)20-10-15-31(25-18-33-25)17-16-29(6)21(26(20)31)8-9-23-28(5)13-12-24(32)27(3,4)22(28)11-14-30(23,29)7/h19,21-25,32H,8-18H2,1-7H3/t21-,22+,23-,24+,25?,28+,29-,30-,31-/m1/s1. The zero-order valence-electron chi connectivity index (χ0n) is 22.6. The predicted octanol–water partition coefficient (Wildman–Crippen LogP) is 7.55. The fraction of sp³-hybridized carbons (Fsp3) is 0.935. The van der Waals surface area contributed by atoms with E-state index in [1.54, 1.807) is 0 Å². The lowest BCUT2D eigenvalue weighted by Crippen LogP contribution is -2.65. The van der Waals surface area contributed by atoms with Crippen LogP contribution in [0.4, 0.5) is 0 Å². The van der Waals surface area contributed by atoms with Crippen LogP contribution in [0.15, 0.2) is 11.1 Å². The number of aliphatic hydroxyl groups excluding tert-OH is 1. The highest BCUT2D eigenvalue weighted by Gasteiger charge is 2.70. The van der Waals surface area contributed by atoms with E-state index >= 15 is 0 Å². The molecule has 33 heavy (non-hydrogen) atoms. The first-order valence-electron chi connectivity index (χ1n) is 14.4. The van der Waals surface area contributed by atoms with Crippen LogP contribution < -0.4 is 0 Å². The van der Waals surface area contributed by atoms with Gasteiger partial charge in [-0.05, 0) is 110 Å². The second-order valence-corrected chi connectivity index (χ2v) is 15.1. The molecule has 1 heterocycles. The average molecular weight is 455 g/mol. The van der Waals surface area contributed by atoms with E-state index in [4.69, 9.17) is 4.74 Å². The lowest BCUT2D eigenvalue weighted by Gasteiger charge is -2.72. The molecule has 0 aromatic heterocycles. The Balaban J connectivity index is 1.43. The summed E-state index contributed by atoms with van der Waals surface area (Å²) in [6.45, 7) is 18.8. The maximum Gasteiger partial charge on any atom is 0.0903 e. The minimum Gasteiger partial charge on any atom is -0.393 e. The Labute approximate surface area is 203 Å². The largest absolute Gasteiger partial charge is 0.393 e. The number of rotatable bonds is 2. The van der Waals surface area contributed by atoms with Gasteiger partial charge in [0.15, 0.2) is 0 Å². The van der Waals surface area contributed by atoms with Crippen LogP contribution in [0.5, 0.6) is 0 Å². The summed E-state index contributed by atoms with van der Waals surface area (Å²) in [5.74, 6) is 2.90. The normalized spacial score (nSPS) is 55.0. The molecule has 1 N–H and O–H groups in total. The van der Waals surface area contributed by atoms with Gasteiger partial charge in [0.1, 0.15) is 0 Å². The van der Waals surface area contributed by atoms with Gasteiger partial charge in [0.25, 0.3) is 0 Å². The predicted molar refractivity (Wildman–Crippen MR) is 135 cm³/mol. The van der Waals surface area contributed by atoms with Crippen molar-refractivity contribution in [3.63, 3.8) is 0 Å². The Morgan fingerprint density at radius 2 is 1.55 bits per heavy atom. The Morgan fingerprint density at radius 1 is 0.818 bits per heavy atom. The summed E-state index contributed by atoms with van der Waals surface area (Å²) in [6.07, 6.45) is 13.5. The highest BCUT2D eigenvalue weighted by Crippen LogP contribution is 2.77. The van der Waals surface area contributed by atoms with Gasteiger partial charge in [-0.2, -0.15) is 0 Å². The molecule has 186 valence electrons. The quantitative estimate of drug-likeness (QED) is 0.345. The van der Waals surface area contributed by atoms with Crippen LogP contribution in [0.25, 0.3) is 0 Å². The maximum atomic E-state index is 10.9. The Kier molecular flexibility index (Phi) is 4.83. The van der Waals surface area contributed by atoms with Crippen LogP contribution in [0, 0.1) is 50.7 Å². The first kappa shape index (κ1) is 23.1. The Bertz CT molecular complexity index is 866. The van der Waals surface area contributed by atoms with Gasteiger partial charge < -0.3 is 9.84 Å². The van der Waals surface area contributed by atoms with Crippen molar-refractivity contribution < 1.29 is 9.84 Å². The monoisotopic (exact) mass is 454 g/mol. The second kappa shape index (κ2) is 6.90. The van der Waals surface area contributed by atoms with Gasteiger partial charge in [0.05, 0.1) is 18.8 Å². The van der Waals surface area contributed by atoms with Crippen molar-refractivity contribution in [2.75, 3.05) is 6.61 Å². The summed E-state index contributed by atoms with van der Waals surface area (Å²) in [4.78, 5) is 0. The van der Waals surface area contributed by atoms with E-state index in [-0.39, 0.29) is 11.5 Å². The van der Waals surface area contributed by atoms with Crippen molar-refractivity contribution in [3.05, 3.63) is 11.1 Å². The molecule has 9 atom stereocenters. The number of hydrogen-bond donors (Lipinski definition) is 1. The van der Waals surface area contributed by atoms with E-state index in [2.05, 4.69) is 48.5 Å². The average Bonchev–Trinajstić information content (AvgIpc) is 3.52. The van der Waals surface area contributed by atoms with Crippen LogP contribution in [-0.4, -0.2) is 23.9 Å². The molecule has 0 aromatic rings. The van der Waals surface area contributed by atoms with Crippen molar-refractivity contribution in [1.29, 1.82) is 0 Å². The molecule has 5 aliphatic carbocycles. The Hall–Kier alpha value is -0.340. The fourth-order valence-corrected chi connectivity index (χ4v) is 11.6. The summed E-state index contributed by atoms with van der Waals surface area (Å²) in [6, 6.07) is 0. The lowest BCUT2D eigenvalue weighted by atomic mass is 9.33. The lowest BCUT2D eigenvalue weighted by molar-refractivity contribution is -0.228. The van der Waals surface area contributed by atoms with E-state index < -0.39 is 0 Å². The zero-order valence-corrected chi connectivity index (χ0v) is 22.6. The first-order valence-corrected chi connectivity index (χ1v) is 14.4. The molecular formula is C31H50O2. The molecule has 1 unspecified atom stereocenters. The summed E-state index contributed by atoms with van der Waals surface area (Å²) in [5.41, 5.74) is 5.37. The van der Waals surface area contributed by atoms with Crippen LogP contribution in [0.2, 0.25) is 0 Å². The van der Waals surface area contributed by atoms with Crippen LogP contribution >= 0.6 is 0 Å². The van der Waals surface area contributed by atoms with Crippen molar-refractivity contribution in [2.45, 2.75) is 125 Å². The number of hydrogen-bond acceptors (Lipinski definition) is 2. The molecule has 2 heteroatoms. The van der Waals surface area contributed by atoms with Crippen molar-refractivity contribution in [1.82, 2.24) is 0 Å². The third-order valence-corrected chi connectivity index (χ3v) is 13.7. The molecule has 6 rings (SSSR count).